The first-order valence-electron chi connectivity index (χ1n) is 5.38. The van der Waals surface area contributed by atoms with Gasteiger partial charge in [0.1, 0.15) is 0 Å². The topological polar surface area (TPSA) is 42.1 Å². The van der Waals surface area contributed by atoms with Gasteiger partial charge in [-0.15, -0.1) is 0 Å². The van der Waals surface area contributed by atoms with Crippen LogP contribution in [0.5, 0.6) is 0 Å². The summed E-state index contributed by atoms with van der Waals surface area (Å²) in [4.78, 5) is 14.7. The Morgan fingerprint density at radius 3 is 2.78 bits per heavy atom. The number of ether oxygens (including phenoxy) is 1. The van der Waals surface area contributed by atoms with Crippen molar-refractivity contribution >= 4 is 10.9 Å². The lowest BCUT2D eigenvalue weighted by Gasteiger charge is -2.16. The summed E-state index contributed by atoms with van der Waals surface area (Å²) in [6.07, 6.45) is 0.416. The summed E-state index contributed by atoms with van der Waals surface area (Å²) in [6.45, 7) is 0.501. The Morgan fingerprint density at radius 1 is 1.22 bits per heavy atom. The zero-order valence-electron chi connectivity index (χ0n) is 9.15. The summed E-state index contributed by atoms with van der Waals surface area (Å²) < 4.78 is 45.0. The summed E-state index contributed by atoms with van der Waals surface area (Å²) in [5, 5.41) is -0.198. The van der Waals surface area contributed by atoms with Gasteiger partial charge in [0.25, 0.3) is 0 Å². The first kappa shape index (κ1) is 11.3. The highest BCUT2D eigenvalue weighted by Crippen LogP contribution is 2.22. The monoisotopic (exact) mass is 255 g/mol. The van der Waals surface area contributed by atoms with Gasteiger partial charge in [-0.3, -0.25) is 4.79 Å². The largest absolute Gasteiger partial charge is 0.376 e. The van der Waals surface area contributed by atoms with E-state index in [2.05, 4.69) is 4.98 Å². The van der Waals surface area contributed by atoms with Crippen LogP contribution >= 0.6 is 0 Å². The van der Waals surface area contributed by atoms with Crippen LogP contribution in [0.4, 0.5) is 13.2 Å². The van der Waals surface area contributed by atoms with E-state index in [1.54, 1.807) is 0 Å². The fourth-order valence-electron chi connectivity index (χ4n) is 2.14. The highest BCUT2D eigenvalue weighted by molar-refractivity contribution is 5.80. The Balaban J connectivity index is 2.46. The molecular weight excluding hydrogens is 247 g/mol. The lowest BCUT2D eigenvalue weighted by Crippen LogP contribution is -2.22. The summed E-state index contributed by atoms with van der Waals surface area (Å²) in [5.41, 5.74) is 0.0543. The van der Waals surface area contributed by atoms with Crippen LogP contribution in [0.15, 0.2) is 10.9 Å². The molecule has 0 aliphatic carbocycles. The van der Waals surface area contributed by atoms with Crippen molar-refractivity contribution in [3.8, 4) is 0 Å². The third-order valence-electron chi connectivity index (χ3n) is 3.06. The van der Waals surface area contributed by atoms with E-state index >= 15 is 0 Å². The van der Waals surface area contributed by atoms with Crippen LogP contribution in [0.1, 0.15) is 11.3 Å². The summed E-state index contributed by atoms with van der Waals surface area (Å²) >= 11 is 0. The Hall–Kier alpha value is -1.82. The van der Waals surface area contributed by atoms with Gasteiger partial charge in [-0.2, -0.15) is 0 Å². The Morgan fingerprint density at radius 2 is 2.00 bits per heavy atom. The second kappa shape index (κ2) is 3.84. The number of halogens is 3. The SMILES string of the molecule is O=c1c2c([nH]c3c(F)c(F)c(F)cc13)CCOC2. The summed E-state index contributed by atoms with van der Waals surface area (Å²) in [7, 11) is 0. The van der Waals surface area contributed by atoms with Crippen LogP contribution in [-0.2, 0) is 17.8 Å². The van der Waals surface area contributed by atoms with E-state index in [-0.39, 0.29) is 17.5 Å². The summed E-state index contributed by atoms with van der Waals surface area (Å²) in [5.74, 6) is -4.32. The molecule has 94 valence electrons. The van der Waals surface area contributed by atoms with Crippen LogP contribution in [0, 0.1) is 17.5 Å². The van der Waals surface area contributed by atoms with Crippen molar-refractivity contribution in [2.75, 3.05) is 6.61 Å². The normalized spacial score (nSPS) is 14.8. The molecule has 0 spiro atoms. The number of nitrogens with one attached hydrogen (secondary N) is 1. The minimum Gasteiger partial charge on any atom is -0.376 e. The maximum absolute atomic E-state index is 13.6. The van der Waals surface area contributed by atoms with Gasteiger partial charge in [-0.1, -0.05) is 0 Å². The fraction of sp³-hybridized carbons (Fsp3) is 0.250. The molecule has 3 nitrogen and oxygen atoms in total. The van der Waals surface area contributed by atoms with Crippen molar-refractivity contribution in [2.45, 2.75) is 13.0 Å². The molecule has 18 heavy (non-hydrogen) atoms. The van der Waals surface area contributed by atoms with Gasteiger partial charge < -0.3 is 9.72 Å². The Bertz CT molecular complexity index is 709. The maximum atomic E-state index is 13.6. The van der Waals surface area contributed by atoms with Gasteiger partial charge in [0.15, 0.2) is 22.9 Å². The average molecular weight is 255 g/mol. The molecule has 0 saturated heterocycles. The molecule has 1 N–H and O–H groups in total. The number of H-pyrrole nitrogens is 1. The zero-order valence-corrected chi connectivity index (χ0v) is 9.15. The number of rotatable bonds is 0. The van der Waals surface area contributed by atoms with Gasteiger partial charge in [0.2, 0.25) is 0 Å². The first-order chi connectivity index (χ1) is 8.59. The molecule has 3 rings (SSSR count). The van der Waals surface area contributed by atoms with E-state index < -0.39 is 22.9 Å². The van der Waals surface area contributed by atoms with Crippen molar-refractivity contribution in [3.05, 3.63) is 45.0 Å². The van der Waals surface area contributed by atoms with Crippen LogP contribution in [0.2, 0.25) is 0 Å². The molecule has 0 atom stereocenters. The molecule has 0 radical (unpaired) electrons. The van der Waals surface area contributed by atoms with Gasteiger partial charge in [0.05, 0.1) is 24.1 Å². The molecule has 0 bridgehead atoms. The van der Waals surface area contributed by atoms with E-state index in [4.69, 9.17) is 4.74 Å². The maximum Gasteiger partial charge on any atom is 0.196 e. The van der Waals surface area contributed by atoms with Gasteiger partial charge in [0, 0.05) is 17.7 Å². The molecule has 1 aliphatic rings. The number of fused-ring (bicyclic) bond motifs is 2. The highest BCUT2D eigenvalue weighted by atomic mass is 19.2. The quantitative estimate of drug-likeness (QED) is 0.732. The summed E-state index contributed by atoms with van der Waals surface area (Å²) in [6, 6.07) is 0.710. The number of aromatic amines is 1. The van der Waals surface area contributed by atoms with Crippen molar-refractivity contribution < 1.29 is 17.9 Å². The van der Waals surface area contributed by atoms with E-state index in [9.17, 15) is 18.0 Å². The fourth-order valence-corrected chi connectivity index (χ4v) is 2.14. The molecular formula is C12H8F3NO2. The van der Waals surface area contributed by atoms with Crippen LogP contribution in [0.3, 0.4) is 0 Å². The molecule has 1 aromatic heterocycles. The lowest BCUT2D eigenvalue weighted by molar-refractivity contribution is 0.108. The zero-order chi connectivity index (χ0) is 12.9. The van der Waals surface area contributed by atoms with Gasteiger partial charge in [-0.25, -0.2) is 13.2 Å². The molecule has 2 heterocycles. The first-order valence-corrected chi connectivity index (χ1v) is 5.38. The third-order valence-corrected chi connectivity index (χ3v) is 3.06. The average Bonchev–Trinajstić information content (AvgIpc) is 2.38. The molecule has 0 saturated carbocycles. The predicted octanol–water partition coefficient (Wildman–Crippen LogP) is 2.02. The second-order valence-corrected chi connectivity index (χ2v) is 4.12. The number of pyridine rings is 1. The molecule has 0 amide bonds. The number of aromatic nitrogens is 1. The molecule has 0 fully saturated rings. The Labute approximate surface area is 99.2 Å². The van der Waals surface area contributed by atoms with Gasteiger partial charge in [-0.05, 0) is 6.07 Å². The lowest BCUT2D eigenvalue weighted by atomic mass is 10.0. The smallest absolute Gasteiger partial charge is 0.196 e. The van der Waals surface area contributed by atoms with E-state index in [1.807, 2.05) is 0 Å². The molecule has 0 unspecified atom stereocenters. The van der Waals surface area contributed by atoms with E-state index in [0.717, 1.165) is 0 Å². The number of hydrogen-bond acceptors (Lipinski definition) is 2. The third kappa shape index (κ3) is 1.45. The van der Waals surface area contributed by atoms with Crippen LogP contribution < -0.4 is 5.43 Å². The van der Waals surface area contributed by atoms with Gasteiger partial charge >= 0.3 is 0 Å². The minimum absolute atomic E-state index is 0.0984. The number of hydrogen-bond donors (Lipinski definition) is 1. The van der Waals surface area contributed by atoms with Crippen LogP contribution in [0.25, 0.3) is 10.9 Å². The molecule has 1 aliphatic heterocycles. The second-order valence-electron chi connectivity index (χ2n) is 4.12. The van der Waals surface area contributed by atoms with E-state index in [1.165, 1.54) is 0 Å². The Kier molecular flexibility index (Phi) is 2.41. The standard InChI is InChI=1S/C12H8F3NO2/c13-7-3-5-11(10(15)9(7)14)16-8-1-2-18-4-6(8)12(5)17/h3H,1-2,4H2,(H,16,17). The van der Waals surface area contributed by atoms with E-state index in [0.29, 0.717) is 30.4 Å². The molecule has 2 aromatic rings. The van der Waals surface area contributed by atoms with Crippen molar-refractivity contribution in [1.82, 2.24) is 4.98 Å². The van der Waals surface area contributed by atoms with Crippen LogP contribution in [-0.4, -0.2) is 11.6 Å². The minimum atomic E-state index is -1.58. The molecule has 6 heteroatoms. The van der Waals surface area contributed by atoms with Crippen molar-refractivity contribution in [2.24, 2.45) is 0 Å². The van der Waals surface area contributed by atoms with Crippen molar-refractivity contribution in [1.29, 1.82) is 0 Å². The van der Waals surface area contributed by atoms with Crippen molar-refractivity contribution in [3.63, 3.8) is 0 Å². The number of benzene rings is 1. The highest BCUT2D eigenvalue weighted by Gasteiger charge is 2.21. The molecule has 1 aromatic carbocycles. The predicted molar refractivity (Wildman–Crippen MR) is 57.8 cm³/mol.